The van der Waals surface area contributed by atoms with Gasteiger partial charge in [0.2, 0.25) is 0 Å². The van der Waals surface area contributed by atoms with Gasteiger partial charge in [0.25, 0.3) is 0 Å². The fourth-order valence-corrected chi connectivity index (χ4v) is 4.14. The molecule has 31 heavy (non-hydrogen) atoms. The van der Waals surface area contributed by atoms with Gasteiger partial charge in [-0.3, -0.25) is 0 Å². The van der Waals surface area contributed by atoms with Crippen molar-refractivity contribution in [2.75, 3.05) is 0 Å². The zero-order valence-electron chi connectivity index (χ0n) is 17.0. The first-order chi connectivity index (χ1) is 15.3. The molecule has 3 heteroatoms. The van der Waals surface area contributed by atoms with Gasteiger partial charge in [0.15, 0.2) is 0 Å². The highest BCUT2D eigenvalue weighted by molar-refractivity contribution is 6.30. The molecule has 0 saturated heterocycles. The summed E-state index contributed by atoms with van der Waals surface area (Å²) in [5.41, 5.74) is 4.66. The third-order valence-corrected chi connectivity index (χ3v) is 5.78. The van der Waals surface area contributed by atoms with Crippen molar-refractivity contribution in [1.82, 2.24) is 4.57 Å². The molecule has 1 atom stereocenters. The van der Waals surface area contributed by atoms with Crippen molar-refractivity contribution in [3.05, 3.63) is 143 Å². The normalized spacial score (nSPS) is 12.0. The molecular formula is C28H22ClNO. The van der Waals surface area contributed by atoms with Crippen LogP contribution in [0.2, 0.25) is 5.02 Å². The van der Waals surface area contributed by atoms with Gasteiger partial charge in [-0.15, -0.1) is 0 Å². The van der Waals surface area contributed by atoms with Crippen molar-refractivity contribution in [2.24, 2.45) is 0 Å². The van der Waals surface area contributed by atoms with E-state index in [9.17, 15) is 0 Å². The predicted octanol–water partition coefficient (Wildman–Crippen LogP) is 7.63. The Balaban J connectivity index is 1.58. The van der Waals surface area contributed by atoms with Crippen molar-refractivity contribution in [3.63, 3.8) is 0 Å². The third kappa shape index (κ3) is 4.21. The van der Waals surface area contributed by atoms with Crippen LogP contribution in [0.15, 0.2) is 120 Å². The van der Waals surface area contributed by atoms with Crippen LogP contribution in [0.1, 0.15) is 28.5 Å². The van der Waals surface area contributed by atoms with Crippen molar-refractivity contribution in [2.45, 2.75) is 12.5 Å². The zero-order chi connectivity index (χ0) is 21.0. The molecule has 5 aromatic rings. The summed E-state index contributed by atoms with van der Waals surface area (Å²) < 4.78 is 8.69. The van der Waals surface area contributed by atoms with Gasteiger partial charge in [0.1, 0.15) is 11.5 Å². The maximum absolute atomic E-state index is 6.40. The van der Waals surface area contributed by atoms with E-state index in [2.05, 4.69) is 83.6 Å². The summed E-state index contributed by atoms with van der Waals surface area (Å²) in [5.74, 6) is 1.75. The minimum absolute atomic E-state index is 0.0339. The van der Waals surface area contributed by atoms with Crippen LogP contribution in [-0.4, -0.2) is 4.57 Å². The summed E-state index contributed by atoms with van der Waals surface area (Å²) in [6, 6.07) is 37.2. The van der Waals surface area contributed by atoms with Gasteiger partial charge < -0.3 is 8.98 Å². The molecule has 1 unspecified atom stereocenters. The minimum atomic E-state index is -0.0339. The number of nitrogens with zero attached hydrogens (tertiary/aromatic N) is 1. The van der Waals surface area contributed by atoms with Crippen LogP contribution >= 0.6 is 11.6 Å². The Morgan fingerprint density at radius 1 is 0.710 bits per heavy atom. The summed E-state index contributed by atoms with van der Waals surface area (Å²) >= 11 is 6.18. The number of hydrogen-bond acceptors (Lipinski definition) is 1. The van der Waals surface area contributed by atoms with Crippen LogP contribution in [-0.2, 0) is 6.54 Å². The van der Waals surface area contributed by atoms with Gasteiger partial charge in [0, 0.05) is 29.0 Å². The fraction of sp³-hybridized carbons (Fsp3) is 0.0714. The van der Waals surface area contributed by atoms with E-state index in [4.69, 9.17) is 16.0 Å². The number of furan rings is 1. The van der Waals surface area contributed by atoms with Crippen LogP contribution in [0, 0.1) is 0 Å². The topological polar surface area (TPSA) is 18.1 Å². The molecule has 2 nitrogen and oxygen atoms in total. The summed E-state index contributed by atoms with van der Waals surface area (Å²) in [7, 11) is 0. The lowest BCUT2D eigenvalue weighted by Gasteiger charge is -2.19. The molecule has 0 spiro atoms. The number of halogens is 1. The SMILES string of the molecule is Clc1ccc(C(c2ccc(-c3ccccc3)o2)c2cccn2Cc2ccccc2)cc1. The van der Waals surface area contributed by atoms with Crippen LogP contribution < -0.4 is 0 Å². The fourth-order valence-electron chi connectivity index (χ4n) is 4.02. The first-order valence-corrected chi connectivity index (χ1v) is 10.8. The van der Waals surface area contributed by atoms with Crippen LogP contribution in [0.4, 0.5) is 0 Å². The van der Waals surface area contributed by atoms with Crippen LogP contribution in [0.3, 0.4) is 0 Å². The minimum Gasteiger partial charge on any atom is -0.460 e. The van der Waals surface area contributed by atoms with E-state index < -0.39 is 0 Å². The van der Waals surface area contributed by atoms with E-state index in [1.54, 1.807) is 0 Å². The van der Waals surface area contributed by atoms with Gasteiger partial charge in [-0.2, -0.15) is 0 Å². The Bertz CT molecular complexity index is 1250. The maximum Gasteiger partial charge on any atom is 0.134 e. The van der Waals surface area contributed by atoms with E-state index in [1.165, 1.54) is 11.3 Å². The molecule has 0 fully saturated rings. The molecule has 0 bridgehead atoms. The average Bonchev–Trinajstić information content (AvgIpc) is 3.47. The van der Waals surface area contributed by atoms with Crippen LogP contribution in [0.25, 0.3) is 11.3 Å². The number of benzene rings is 3. The van der Waals surface area contributed by atoms with Gasteiger partial charge >= 0.3 is 0 Å². The molecule has 0 aliphatic heterocycles. The molecule has 0 aliphatic rings. The smallest absolute Gasteiger partial charge is 0.134 e. The molecule has 152 valence electrons. The van der Waals surface area contributed by atoms with Crippen molar-refractivity contribution >= 4 is 11.6 Å². The number of aromatic nitrogens is 1. The molecule has 0 saturated carbocycles. The maximum atomic E-state index is 6.40. The second kappa shape index (κ2) is 8.71. The Labute approximate surface area is 187 Å². The standard InChI is InChI=1S/C28H22ClNO/c29-24-15-13-23(14-16-24)28(27-18-17-26(31-27)22-10-5-2-6-11-22)25-12-7-19-30(25)20-21-8-3-1-4-9-21/h1-19,28H,20H2. The molecule has 0 aliphatic carbocycles. The van der Waals surface area contributed by atoms with Gasteiger partial charge in [-0.1, -0.05) is 84.4 Å². The predicted molar refractivity (Wildman–Crippen MR) is 127 cm³/mol. The van der Waals surface area contributed by atoms with Gasteiger partial charge in [-0.25, -0.2) is 0 Å². The lowest BCUT2D eigenvalue weighted by molar-refractivity contribution is 0.507. The second-order valence-corrected chi connectivity index (χ2v) is 8.04. The monoisotopic (exact) mass is 423 g/mol. The Morgan fingerprint density at radius 3 is 2.16 bits per heavy atom. The Morgan fingerprint density at radius 2 is 1.42 bits per heavy atom. The van der Waals surface area contributed by atoms with E-state index in [1.807, 2.05) is 36.4 Å². The molecule has 0 radical (unpaired) electrons. The molecule has 2 heterocycles. The molecule has 0 amide bonds. The molecule has 2 aromatic heterocycles. The molecule has 3 aromatic carbocycles. The molecular weight excluding hydrogens is 402 g/mol. The number of hydrogen-bond donors (Lipinski definition) is 0. The summed E-state index contributed by atoms with van der Waals surface area (Å²) in [6.07, 6.45) is 2.13. The quantitative estimate of drug-likeness (QED) is 0.274. The van der Waals surface area contributed by atoms with E-state index in [0.29, 0.717) is 0 Å². The lowest BCUT2D eigenvalue weighted by Crippen LogP contribution is -2.10. The highest BCUT2D eigenvalue weighted by Gasteiger charge is 2.23. The van der Waals surface area contributed by atoms with Gasteiger partial charge in [0.05, 0.1) is 5.92 Å². The third-order valence-electron chi connectivity index (χ3n) is 5.53. The Hall–Kier alpha value is -3.49. The lowest BCUT2D eigenvalue weighted by atomic mass is 9.93. The van der Waals surface area contributed by atoms with Crippen molar-refractivity contribution < 1.29 is 4.42 Å². The largest absolute Gasteiger partial charge is 0.460 e. The van der Waals surface area contributed by atoms with Crippen molar-refractivity contribution in [1.29, 1.82) is 0 Å². The van der Waals surface area contributed by atoms with E-state index >= 15 is 0 Å². The van der Waals surface area contributed by atoms with E-state index in [-0.39, 0.29) is 5.92 Å². The second-order valence-electron chi connectivity index (χ2n) is 7.60. The van der Waals surface area contributed by atoms with Crippen LogP contribution in [0.5, 0.6) is 0 Å². The van der Waals surface area contributed by atoms with E-state index in [0.717, 1.165) is 34.2 Å². The van der Waals surface area contributed by atoms with Gasteiger partial charge in [-0.05, 0) is 47.5 Å². The number of rotatable bonds is 6. The highest BCUT2D eigenvalue weighted by Crippen LogP contribution is 2.36. The van der Waals surface area contributed by atoms with Crippen molar-refractivity contribution in [3.8, 4) is 11.3 Å². The average molecular weight is 424 g/mol. The first-order valence-electron chi connectivity index (χ1n) is 10.4. The Kier molecular flexibility index (Phi) is 5.47. The highest BCUT2D eigenvalue weighted by atomic mass is 35.5. The zero-order valence-corrected chi connectivity index (χ0v) is 17.7. The molecule has 5 rings (SSSR count). The first kappa shape index (κ1) is 19.5. The summed E-state index contributed by atoms with van der Waals surface area (Å²) in [6.45, 7) is 0.805. The summed E-state index contributed by atoms with van der Waals surface area (Å²) in [4.78, 5) is 0. The summed E-state index contributed by atoms with van der Waals surface area (Å²) in [5, 5.41) is 0.728. The molecule has 0 N–H and O–H groups in total.